The van der Waals surface area contributed by atoms with E-state index in [9.17, 15) is 4.79 Å². The van der Waals surface area contributed by atoms with E-state index in [1.54, 1.807) is 11.3 Å². The van der Waals surface area contributed by atoms with E-state index < -0.39 is 0 Å². The maximum absolute atomic E-state index is 12.0. The first-order valence-electron chi connectivity index (χ1n) is 7.03. The number of carbonyl (C=O) groups excluding carboxylic acids is 1. The fourth-order valence-electron chi connectivity index (χ4n) is 2.39. The van der Waals surface area contributed by atoms with Crippen LogP contribution in [-0.2, 0) is 4.79 Å². The average molecular weight is 302 g/mol. The molecule has 3 rings (SSSR count). The summed E-state index contributed by atoms with van der Waals surface area (Å²) in [7, 11) is 0. The molecule has 110 valence electrons. The number of piperazine rings is 1. The molecule has 6 heteroatoms. The molecule has 0 unspecified atom stereocenters. The number of rotatable bonds is 4. The van der Waals surface area contributed by atoms with Gasteiger partial charge in [-0.1, -0.05) is 18.2 Å². The Morgan fingerprint density at radius 1 is 1.19 bits per heavy atom. The molecule has 1 aliphatic rings. The van der Waals surface area contributed by atoms with Crippen LogP contribution >= 0.6 is 11.3 Å². The number of para-hydroxylation sites is 1. The summed E-state index contributed by atoms with van der Waals surface area (Å²) in [4.78, 5) is 20.8. The second-order valence-electron chi connectivity index (χ2n) is 4.99. The second-order valence-corrected chi connectivity index (χ2v) is 5.87. The van der Waals surface area contributed by atoms with Gasteiger partial charge in [-0.05, 0) is 12.1 Å². The number of anilines is 2. The summed E-state index contributed by atoms with van der Waals surface area (Å²) < 4.78 is 0. The van der Waals surface area contributed by atoms with Crippen molar-refractivity contribution in [3.8, 4) is 0 Å². The second kappa shape index (κ2) is 6.69. The molecule has 0 saturated carbocycles. The molecule has 1 amide bonds. The number of nitrogens with one attached hydrogen (secondary N) is 1. The lowest BCUT2D eigenvalue weighted by Crippen LogP contribution is -2.48. The Bertz CT molecular complexity index is 565. The number of thiazole rings is 1. The minimum Gasteiger partial charge on any atom is -0.346 e. The van der Waals surface area contributed by atoms with Crippen LogP contribution in [0.5, 0.6) is 0 Å². The third-order valence-electron chi connectivity index (χ3n) is 3.49. The number of hydrogen-bond acceptors (Lipinski definition) is 5. The lowest BCUT2D eigenvalue weighted by atomic mass is 10.3. The van der Waals surface area contributed by atoms with Crippen molar-refractivity contribution in [2.75, 3.05) is 42.9 Å². The van der Waals surface area contributed by atoms with E-state index in [4.69, 9.17) is 0 Å². The van der Waals surface area contributed by atoms with Crippen molar-refractivity contribution < 1.29 is 4.79 Å². The van der Waals surface area contributed by atoms with Crippen molar-refractivity contribution in [1.82, 2.24) is 9.88 Å². The van der Waals surface area contributed by atoms with E-state index in [0.29, 0.717) is 6.54 Å². The lowest BCUT2D eigenvalue weighted by molar-refractivity contribution is -0.117. The van der Waals surface area contributed by atoms with Crippen LogP contribution in [0.1, 0.15) is 0 Å². The molecule has 5 nitrogen and oxygen atoms in total. The van der Waals surface area contributed by atoms with Gasteiger partial charge >= 0.3 is 0 Å². The molecule has 1 N–H and O–H groups in total. The highest BCUT2D eigenvalue weighted by molar-refractivity contribution is 7.13. The van der Waals surface area contributed by atoms with Crippen molar-refractivity contribution in [2.24, 2.45) is 0 Å². The molecule has 21 heavy (non-hydrogen) atoms. The number of nitrogens with zero attached hydrogens (tertiary/aromatic N) is 3. The highest BCUT2D eigenvalue weighted by Gasteiger charge is 2.20. The molecular formula is C15H18N4OS. The Morgan fingerprint density at radius 2 is 1.95 bits per heavy atom. The zero-order valence-corrected chi connectivity index (χ0v) is 12.6. The van der Waals surface area contributed by atoms with E-state index in [2.05, 4.69) is 20.1 Å². The summed E-state index contributed by atoms with van der Waals surface area (Å²) >= 11 is 1.66. The van der Waals surface area contributed by atoms with Crippen LogP contribution in [0.2, 0.25) is 0 Å². The number of carbonyl (C=O) groups is 1. The van der Waals surface area contributed by atoms with Crippen LogP contribution in [0, 0.1) is 0 Å². The first-order chi connectivity index (χ1) is 10.3. The van der Waals surface area contributed by atoms with Crippen LogP contribution in [0.4, 0.5) is 10.8 Å². The summed E-state index contributed by atoms with van der Waals surface area (Å²) in [6, 6.07) is 9.58. The van der Waals surface area contributed by atoms with Crippen LogP contribution < -0.4 is 10.2 Å². The lowest BCUT2D eigenvalue weighted by Gasteiger charge is -2.34. The average Bonchev–Trinajstić information content (AvgIpc) is 3.03. The Hall–Kier alpha value is -1.92. The number of amides is 1. The van der Waals surface area contributed by atoms with Gasteiger partial charge in [0.05, 0.1) is 6.54 Å². The summed E-state index contributed by atoms with van der Waals surface area (Å²) in [5.74, 6) is 0.0453. The van der Waals surface area contributed by atoms with Crippen LogP contribution in [0.25, 0.3) is 0 Å². The first-order valence-corrected chi connectivity index (χ1v) is 7.91. The molecule has 0 atom stereocenters. The normalized spacial score (nSPS) is 15.9. The summed E-state index contributed by atoms with van der Waals surface area (Å²) in [5.41, 5.74) is 0.851. The molecule has 1 fully saturated rings. The Morgan fingerprint density at radius 3 is 2.62 bits per heavy atom. The molecule has 2 heterocycles. The standard InChI is InChI=1S/C15H18N4OS/c20-14(17-13-4-2-1-3-5-13)12-18-7-9-19(10-8-18)15-16-6-11-21-15/h1-6,11H,7-10,12H2,(H,17,20). The molecule has 0 spiro atoms. The summed E-state index contributed by atoms with van der Waals surface area (Å²) in [6.07, 6.45) is 1.83. The van der Waals surface area contributed by atoms with Crippen LogP contribution in [0.15, 0.2) is 41.9 Å². The van der Waals surface area contributed by atoms with Crippen molar-refractivity contribution in [1.29, 1.82) is 0 Å². The molecule has 0 aliphatic carbocycles. The minimum absolute atomic E-state index is 0.0453. The van der Waals surface area contributed by atoms with E-state index in [0.717, 1.165) is 37.0 Å². The van der Waals surface area contributed by atoms with Crippen molar-refractivity contribution >= 4 is 28.1 Å². The predicted octanol–water partition coefficient (Wildman–Crippen LogP) is 1.90. The van der Waals surface area contributed by atoms with Crippen LogP contribution in [-0.4, -0.2) is 48.5 Å². The van der Waals surface area contributed by atoms with Crippen molar-refractivity contribution in [3.05, 3.63) is 41.9 Å². The van der Waals surface area contributed by atoms with E-state index >= 15 is 0 Å². The number of benzene rings is 1. The largest absolute Gasteiger partial charge is 0.346 e. The zero-order valence-electron chi connectivity index (χ0n) is 11.7. The zero-order chi connectivity index (χ0) is 14.5. The quantitative estimate of drug-likeness (QED) is 0.937. The van der Waals surface area contributed by atoms with E-state index in [-0.39, 0.29) is 5.91 Å². The third kappa shape index (κ3) is 3.80. The molecule has 1 aromatic carbocycles. The molecule has 1 saturated heterocycles. The molecule has 0 bridgehead atoms. The third-order valence-corrected chi connectivity index (χ3v) is 4.32. The highest BCUT2D eigenvalue weighted by atomic mass is 32.1. The maximum Gasteiger partial charge on any atom is 0.238 e. The topological polar surface area (TPSA) is 48.5 Å². The molecular weight excluding hydrogens is 284 g/mol. The Labute approximate surface area is 128 Å². The number of aromatic nitrogens is 1. The SMILES string of the molecule is O=C(CN1CCN(c2nccs2)CC1)Nc1ccccc1. The van der Waals surface area contributed by atoms with Crippen molar-refractivity contribution in [3.63, 3.8) is 0 Å². The highest BCUT2D eigenvalue weighted by Crippen LogP contribution is 2.18. The molecule has 1 aliphatic heterocycles. The van der Waals surface area contributed by atoms with Gasteiger partial charge in [-0.25, -0.2) is 4.98 Å². The van der Waals surface area contributed by atoms with Gasteiger partial charge in [-0.15, -0.1) is 11.3 Å². The van der Waals surface area contributed by atoms with Gasteiger partial charge in [-0.3, -0.25) is 9.69 Å². The molecule has 0 radical (unpaired) electrons. The number of hydrogen-bond donors (Lipinski definition) is 1. The monoisotopic (exact) mass is 302 g/mol. The van der Waals surface area contributed by atoms with E-state index in [1.807, 2.05) is 41.9 Å². The fraction of sp³-hybridized carbons (Fsp3) is 0.333. The van der Waals surface area contributed by atoms with Crippen molar-refractivity contribution in [2.45, 2.75) is 0 Å². The predicted molar refractivity (Wildman–Crippen MR) is 85.8 cm³/mol. The van der Waals surface area contributed by atoms with Gasteiger partial charge in [0.1, 0.15) is 0 Å². The van der Waals surface area contributed by atoms with E-state index in [1.165, 1.54) is 0 Å². The fourth-order valence-corrected chi connectivity index (χ4v) is 3.09. The molecule has 2 aromatic rings. The van der Waals surface area contributed by atoms with Gasteiger partial charge in [-0.2, -0.15) is 0 Å². The smallest absolute Gasteiger partial charge is 0.238 e. The summed E-state index contributed by atoms with van der Waals surface area (Å²) in [5, 5.41) is 5.99. The van der Waals surface area contributed by atoms with Crippen LogP contribution in [0.3, 0.4) is 0 Å². The van der Waals surface area contributed by atoms with Gasteiger partial charge in [0.25, 0.3) is 0 Å². The Kier molecular flexibility index (Phi) is 4.47. The minimum atomic E-state index is 0.0453. The Balaban J connectivity index is 1.46. The van der Waals surface area contributed by atoms with Gasteiger partial charge in [0.15, 0.2) is 5.13 Å². The first kappa shape index (κ1) is 14.0. The van der Waals surface area contributed by atoms with Gasteiger partial charge < -0.3 is 10.2 Å². The van der Waals surface area contributed by atoms with Gasteiger partial charge in [0, 0.05) is 43.4 Å². The summed E-state index contributed by atoms with van der Waals surface area (Å²) in [6.45, 7) is 4.07. The molecule has 1 aromatic heterocycles. The maximum atomic E-state index is 12.0. The van der Waals surface area contributed by atoms with Gasteiger partial charge in [0.2, 0.25) is 5.91 Å².